The molecule has 112 valence electrons. The van der Waals surface area contributed by atoms with Crippen LogP contribution in [0, 0.1) is 0 Å². The molecular weight excluding hydrogens is 276 g/mol. The van der Waals surface area contributed by atoms with E-state index < -0.39 is 18.0 Å². The zero-order valence-electron chi connectivity index (χ0n) is 11.6. The summed E-state index contributed by atoms with van der Waals surface area (Å²) in [6.45, 7) is 0.607. The number of anilines is 1. The van der Waals surface area contributed by atoms with Crippen molar-refractivity contribution in [3.8, 4) is 0 Å². The van der Waals surface area contributed by atoms with Crippen LogP contribution in [-0.4, -0.2) is 43.3 Å². The number of carbonyl (C=O) groups excluding carboxylic acids is 2. The molecule has 2 rings (SSSR count). The van der Waals surface area contributed by atoms with Gasteiger partial charge in [0.25, 0.3) is 0 Å². The van der Waals surface area contributed by atoms with E-state index in [1.807, 2.05) is 0 Å². The van der Waals surface area contributed by atoms with Gasteiger partial charge in [-0.05, 0) is 30.5 Å². The van der Waals surface area contributed by atoms with Crippen molar-refractivity contribution in [2.45, 2.75) is 12.8 Å². The number of nitrogens with zero attached hydrogens (tertiary/aromatic N) is 1. The number of alkyl carbamates (subject to hydrolysis) is 1. The van der Waals surface area contributed by atoms with Gasteiger partial charge in [-0.15, -0.1) is 0 Å². The fraction of sp³-hybridized carbons (Fsp3) is 0.357. The van der Waals surface area contributed by atoms with E-state index >= 15 is 0 Å². The highest BCUT2D eigenvalue weighted by Gasteiger charge is 2.23. The number of amides is 2. The lowest BCUT2D eigenvalue weighted by Gasteiger charge is -2.31. The van der Waals surface area contributed by atoms with Crippen molar-refractivity contribution < 1.29 is 24.2 Å². The Hall–Kier alpha value is -2.57. The van der Waals surface area contributed by atoms with Gasteiger partial charge in [-0.1, -0.05) is 6.07 Å². The zero-order chi connectivity index (χ0) is 15.4. The molecule has 1 aromatic carbocycles. The lowest BCUT2D eigenvalue weighted by molar-refractivity contribution is -0.119. The highest BCUT2D eigenvalue weighted by molar-refractivity contribution is 5.95. The molecule has 0 unspecified atom stereocenters. The quantitative estimate of drug-likeness (QED) is 0.863. The molecule has 1 aromatic rings. The number of hydrogen-bond acceptors (Lipinski definition) is 5. The Morgan fingerprint density at radius 1 is 1.38 bits per heavy atom. The maximum absolute atomic E-state index is 11.7. The average molecular weight is 292 g/mol. The number of imide groups is 1. The second-order valence-electron chi connectivity index (χ2n) is 4.67. The molecule has 2 N–H and O–H groups in total. The number of fused-ring (bicyclic) bond motifs is 1. The number of carboxylic acid groups (broad SMARTS) is 1. The zero-order valence-corrected chi connectivity index (χ0v) is 11.6. The molecule has 0 bridgehead atoms. The van der Waals surface area contributed by atoms with Gasteiger partial charge in [-0.25, -0.2) is 9.59 Å². The van der Waals surface area contributed by atoms with Crippen molar-refractivity contribution in [3.63, 3.8) is 0 Å². The van der Waals surface area contributed by atoms with Gasteiger partial charge >= 0.3 is 12.1 Å². The third-order valence-electron chi connectivity index (χ3n) is 3.34. The van der Waals surface area contributed by atoms with Crippen molar-refractivity contribution in [2.24, 2.45) is 0 Å². The van der Waals surface area contributed by atoms with Gasteiger partial charge in [0.2, 0.25) is 5.91 Å². The summed E-state index contributed by atoms with van der Waals surface area (Å²) in [6.07, 6.45) is 0.604. The number of hydrogen-bond donors (Lipinski definition) is 2. The molecule has 7 heteroatoms. The van der Waals surface area contributed by atoms with Gasteiger partial charge in [0.15, 0.2) is 0 Å². The first-order valence-corrected chi connectivity index (χ1v) is 6.51. The van der Waals surface area contributed by atoms with Crippen molar-refractivity contribution in [3.05, 3.63) is 29.3 Å². The minimum absolute atomic E-state index is 0.0226. The molecule has 0 saturated carbocycles. The predicted molar refractivity (Wildman–Crippen MR) is 74.5 cm³/mol. The van der Waals surface area contributed by atoms with E-state index in [-0.39, 0.29) is 12.1 Å². The Balaban J connectivity index is 2.19. The molecule has 0 saturated heterocycles. The molecular formula is C14H16N2O5. The molecule has 0 atom stereocenters. The van der Waals surface area contributed by atoms with Gasteiger partial charge in [0.05, 0.1) is 19.2 Å². The Labute approximate surface area is 121 Å². The molecule has 0 fully saturated rings. The van der Waals surface area contributed by atoms with Crippen LogP contribution in [0.25, 0.3) is 0 Å². The first kappa shape index (κ1) is 14.8. The van der Waals surface area contributed by atoms with Crippen LogP contribution < -0.4 is 10.2 Å². The number of carboxylic acids is 1. The van der Waals surface area contributed by atoms with Crippen LogP contribution in [0.15, 0.2) is 18.2 Å². The number of benzene rings is 1. The Kier molecular flexibility index (Phi) is 4.42. The van der Waals surface area contributed by atoms with Gasteiger partial charge in [0, 0.05) is 12.2 Å². The summed E-state index contributed by atoms with van der Waals surface area (Å²) in [5, 5.41) is 11.3. The maximum Gasteiger partial charge on any atom is 0.413 e. The van der Waals surface area contributed by atoms with Crippen molar-refractivity contribution >= 4 is 23.7 Å². The smallest absolute Gasteiger partial charge is 0.413 e. The highest BCUT2D eigenvalue weighted by Crippen LogP contribution is 2.29. The van der Waals surface area contributed by atoms with E-state index in [0.29, 0.717) is 13.0 Å². The van der Waals surface area contributed by atoms with E-state index in [9.17, 15) is 19.5 Å². The lowest BCUT2D eigenvalue weighted by Crippen LogP contribution is -2.42. The topological polar surface area (TPSA) is 95.9 Å². The Bertz CT molecular complexity index is 585. The highest BCUT2D eigenvalue weighted by atomic mass is 16.5. The Morgan fingerprint density at radius 2 is 2.14 bits per heavy atom. The largest absolute Gasteiger partial charge is 0.478 e. The van der Waals surface area contributed by atoms with E-state index in [1.165, 1.54) is 7.11 Å². The van der Waals surface area contributed by atoms with Gasteiger partial charge in [0.1, 0.15) is 0 Å². The minimum atomic E-state index is -0.979. The van der Waals surface area contributed by atoms with Crippen molar-refractivity contribution in [1.29, 1.82) is 0 Å². The normalized spacial score (nSPS) is 13.3. The number of carbonyl (C=O) groups is 3. The summed E-state index contributed by atoms with van der Waals surface area (Å²) in [6, 6.07) is 4.99. The third kappa shape index (κ3) is 3.31. The fourth-order valence-corrected chi connectivity index (χ4v) is 2.44. The standard InChI is InChI=1S/C14H16N2O5/c1-21-14(20)15-12(17)8-16-7-3-5-9-10(13(18)19)4-2-6-11(9)16/h2,4,6H,3,5,7-8H2,1H3,(H,18,19)(H,15,17,20). The molecule has 2 amide bonds. The lowest BCUT2D eigenvalue weighted by atomic mass is 9.96. The van der Waals surface area contributed by atoms with Crippen LogP contribution in [0.4, 0.5) is 10.5 Å². The number of ether oxygens (including phenoxy) is 1. The molecule has 0 spiro atoms. The molecule has 0 radical (unpaired) electrons. The first-order valence-electron chi connectivity index (χ1n) is 6.51. The van der Waals surface area contributed by atoms with Crippen LogP contribution in [0.3, 0.4) is 0 Å². The number of rotatable bonds is 3. The van der Waals surface area contributed by atoms with E-state index in [4.69, 9.17) is 0 Å². The number of aromatic carboxylic acids is 1. The second-order valence-corrected chi connectivity index (χ2v) is 4.67. The molecule has 1 heterocycles. The van der Waals surface area contributed by atoms with Crippen LogP contribution in [-0.2, 0) is 16.0 Å². The fourth-order valence-electron chi connectivity index (χ4n) is 2.44. The summed E-state index contributed by atoms with van der Waals surface area (Å²) in [7, 11) is 1.18. The van der Waals surface area contributed by atoms with Crippen molar-refractivity contribution in [2.75, 3.05) is 25.1 Å². The van der Waals surface area contributed by atoms with E-state index in [2.05, 4.69) is 10.1 Å². The second kappa shape index (κ2) is 6.25. The van der Waals surface area contributed by atoms with Crippen LogP contribution in [0.1, 0.15) is 22.3 Å². The third-order valence-corrected chi connectivity index (χ3v) is 3.34. The Morgan fingerprint density at radius 3 is 2.81 bits per heavy atom. The summed E-state index contributed by atoms with van der Waals surface area (Å²) < 4.78 is 4.36. The van der Waals surface area contributed by atoms with E-state index in [1.54, 1.807) is 23.1 Å². The maximum atomic E-state index is 11.7. The molecule has 21 heavy (non-hydrogen) atoms. The molecule has 0 aliphatic carbocycles. The van der Waals surface area contributed by atoms with Gasteiger partial charge in [-0.3, -0.25) is 10.1 Å². The van der Waals surface area contributed by atoms with Crippen LogP contribution >= 0.6 is 0 Å². The summed E-state index contributed by atoms with van der Waals surface area (Å²) in [4.78, 5) is 35.7. The molecule has 1 aliphatic heterocycles. The van der Waals surface area contributed by atoms with Crippen LogP contribution in [0.2, 0.25) is 0 Å². The molecule has 7 nitrogen and oxygen atoms in total. The van der Waals surface area contributed by atoms with Gasteiger partial charge < -0.3 is 14.7 Å². The minimum Gasteiger partial charge on any atom is -0.478 e. The number of methoxy groups -OCH3 is 1. The SMILES string of the molecule is COC(=O)NC(=O)CN1CCCc2c(C(=O)O)cccc21. The monoisotopic (exact) mass is 292 g/mol. The summed E-state index contributed by atoms with van der Waals surface area (Å²) in [5.74, 6) is -1.47. The molecule has 1 aliphatic rings. The molecule has 0 aromatic heterocycles. The summed E-state index contributed by atoms with van der Waals surface area (Å²) >= 11 is 0. The number of nitrogens with one attached hydrogen (secondary N) is 1. The van der Waals surface area contributed by atoms with E-state index in [0.717, 1.165) is 17.7 Å². The van der Waals surface area contributed by atoms with Crippen molar-refractivity contribution in [1.82, 2.24) is 5.32 Å². The first-order chi connectivity index (χ1) is 10.0. The average Bonchev–Trinajstić information content (AvgIpc) is 2.46. The predicted octanol–water partition coefficient (Wildman–Crippen LogP) is 1.02. The summed E-state index contributed by atoms with van der Waals surface area (Å²) in [5.41, 5.74) is 1.70. The van der Waals surface area contributed by atoms with Crippen LogP contribution in [0.5, 0.6) is 0 Å². The van der Waals surface area contributed by atoms with Gasteiger partial charge in [-0.2, -0.15) is 0 Å².